The molecule has 1 aliphatic rings. The topological polar surface area (TPSA) is 104 Å². The first-order valence-electron chi connectivity index (χ1n) is 8.81. The van der Waals surface area contributed by atoms with Crippen molar-refractivity contribution in [2.45, 2.75) is 50.5 Å². The lowest BCUT2D eigenvalue weighted by Crippen LogP contribution is -2.25. The van der Waals surface area contributed by atoms with E-state index >= 15 is 0 Å². The van der Waals surface area contributed by atoms with E-state index in [1.54, 1.807) is 0 Å². The summed E-state index contributed by atoms with van der Waals surface area (Å²) in [6.45, 7) is 0. The van der Waals surface area contributed by atoms with E-state index in [2.05, 4.69) is 24.3 Å². The fourth-order valence-electron chi connectivity index (χ4n) is 3.60. The monoisotopic (exact) mass is 324 g/mol. The van der Waals surface area contributed by atoms with Gasteiger partial charge in [-0.15, -0.1) is 0 Å². The Morgan fingerprint density at radius 1 is 0.750 bits per heavy atom. The van der Waals surface area contributed by atoms with Crippen molar-refractivity contribution < 1.29 is 0 Å². The van der Waals surface area contributed by atoms with E-state index in [1.165, 1.54) is 24.0 Å². The van der Waals surface area contributed by atoms with E-state index in [0.717, 1.165) is 31.2 Å². The fraction of sp³-hybridized carbons (Fsp3) is 0.400. The van der Waals surface area contributed by atoms with Crippen LogP contribution in [0, 0.1) is 0 Å². The molecule has 3 rings (SSSR count). The van der Waals surface area contributed by atoms with Gasteiger partial charge in [0.05, 0.1) is 17.1 Å². The molecule has 2 aromatic rings. The molecule has 1 fully saturated rings. The molecule has 4 heteroatoms. The summed E-state index contributed by atoms with van der Waals surface area (Å²) < 4.78 is 0. The number of anilines is 3. The van der Waals surface area contributed by atoms with Crippen molar-refractivity contribution in [1.29, 1.82) is 0 Å². The van der Waals surface area contributed by atoms with Crippen LogP contribution in [-0.4, -0.2) is 6.04 Å². The first-order valence-corrected chi connectivity index (χ1v) is 8.81. The van der Waals surface area contributed by atoms with Gasteiger partial charge in [-0.25, -0.2) is 0 Å². The van der Waals surface area contributed by atoms with Crippen molar-refractivity contribution in [2.24, 2.45) is 5.73 Å². The van der Waals surface area contributed by atoms with E-state index in [4.69, 9.17) is 22.9 Å². The minimum Gasteiger partial charge on any atom is -0.397 e. The van der Waals surface area contributed by atoms with Crippen LogP contribution in [0.3, 0.4) is 0 Å². The molecule has 0 bridgehead atoms. The second-order valence-corrected chi connectivity index (χ2v) is 6.99. The third kappa shape index (κ3) is 3.65. The lowest BCUT2D eigenvalue weighted by atomic mass is 9.82. The van der Waals surface area contributed by atoms with Crippen molar-refractivity contribution in [3.05, 3.63) is 53.1 Å². The smallest absolute Gasteiger partial charge is 0.0784 e. The maximum absolute atomic E-state index is 6.07. The minimum atomic E-state index is 0.401. The van der Waals surface area contributed by atoms with E-state index in [1.807, 2.05) is 12.1 Å². The minimum absolute atomic E-state index is 0.401. The standard InChI is InChI=1S/C20H28N4/c21-17-10-7-15(8-11-17)14-4-1-13(2-5-14)3-6-16-9-12-18(22)20(24)19(16)23/h1-2,4-5,9,12,15,17H,3,6-8,10-11,21-24H2. The van der Waals surface area contributed by atoms with Crippen LogP contribution in [0.4, 0.5) is 17.1 Å². The van der Waals surface area contributed by atoms with Gasteiger partial charge in [-0.05, 0) is 67.2 Å². The first kappa shape index (κ1) is 16.7. The molecule has 128 valence electrons. The lowest BCUT2D eigenvalue weighted by Gasteiger charge is -2.26. The largest absolute Gasteiger partial charge is 0.397 e. The second kappa shape index (κ2) is 7.14. The summed E-state index contributed by atoms with van der Waals surface area (Å²) in [7, 11) is 0. The normalized spacial score (nSPS) is 20.9. The predicted octanol–water partition coefficient (Wildman–Crippen LogP) is 3.20. The van der Waals surface area contributed by atoms with Gasteiger partial charge in [-0.2, -0.15) is 0 Å². The van der Waals surface area contributed by atoms with Crippen LogP contribution in [0.1, 0.15) is 48.3 Å². The molecular formula is C20H28N4. The average Bonchev–Trinajstić information content (AvgIpc) is 2.60. The molecule has 0 atom stereocenters. The van der Waals surface area contributed by atoms with Crippen LogP contribution in [0.15, 0.2) is 36.4 Å². The highest BCUT2D eigenvalue weighted by Crippen LogP contribution is 2.32. The van der Waals surface area contributed by atoms with Crippen LogP contribution in [0.2, 0.25) is 0 Å². The number of benzene rings is 2. The number of hydrogen-bond donors (Lipinski definition) is 4. The number of hydrogen-bond acceptors (Lipinski definition) is 4. The lowest BCUT2D eigenvalue weighted by molar-refractivity contribution is 0.395. The number of nitrogens with two attached hydrogens (primary N) is 4. The highest BCUT2D eigenvalue weighted by Gasteiger charge is 2.19. The molecule has 0 heterocycles. The van der Waals surface area contributed by atoms with Crippen molar-refractivity contribution in [2.75, 3.05) is 17.2 Å². The molecule has 8 N–H and O–H groups in total. The summed E-state index contributed by atoms with van der Waals surface area (Å²) in [4.78, 5) is 0. The molecule has 0 aromatic heterocycles. The van der Waals surface area contributed by atoms with Gasteiger partial charge in [0.15, 0.2) is 0 Å². The fourth-order valence-corrected chi connectivity index (χ4v) is 3.60. The summed E-state index contributed by atoms with van der Waals surface area (Å²) in [6.07, 6.45) is 6.52. The van der Waals surface area contributed by atoms with Crippen LogP contribution < -0.4 is 22.9 Å². The Balaban J connectivity index is 1.61. The van der Waals surface area contributed by atoms with Gasteiger partial charge in [0.25, 0.3) is 0 Å². The van der Waals surface area contributed by atoms with Crippen LogP contribution in [-0.2, 0) is 12.8 Å². The van der Waals surface area contributed by atoms with Crippen LogP contribution in [0.25, 0.3) is 0 Å². The zero-order valence-electron chi connectivity index (χ0n) is 14.2. The number of rotatable bonds is 4. The maximum Gasteiger partial charge on any atom is 0.0784 e. The quantitative estimate of drug-likeness (QED) is 0.648. The molecule has 0 unspecified atom stereocenters. The van der Waals surface area contributed by atoms with Gasteiger partial charge in [0.1, 0.15) is 0 Å². The number of nitrogen functional groups attached to an aromatic ring is 3. The molecule has 0 saturated heterocycles. The first-order chi connectivity index (χ1) is 11.5. The second-order valence-electron chi connectivity index (χ2n) is 6.99. The van der Waals surface area contributed by atoms with Gasteiger partial charge in [-0.1, -0.05) is 30.3 Å². The zero-order valence-corrected chi connectivity index (χ0v) is 14.2. The summed E-state index contributed by atoms with van der Waals surface area (Å²) in [5.41, 5.74) is 29.2. The SMILES string of the molecule is Nc1ccc(CCc2ccc(C3CCC(N)CC3)cc2)c(N)c1N. The molecule has 4 nitrogen and oxygen atoms in total. The van der Waals surface area contributed by atoms with Crippen molar-refractivity contribution >= 4 is 17.1 Å². The molecule has 2 aromatic carbocycles. The molecule has 0 radical (unpaired) electrons. The van der Waals surface area contributed by atoms with Gasteiger partial charge in [0, 0.05) is 6.04 Å². The third-order valence-corrected chi connectivity index (χ3v) is 5.32. The summed E-state index contributed by atoms with van der Waals surface area (Å²) in [5.74, 6) is 0.673. The van der Waals surface area contributed by atoms with E-state index in [9.17, 15) is 0 Å². The molecule has 24 heavy (non-hydrogen) atoms. The Morgan fingerprint density at radius 2 is 1.42 bits per heavy atom. The van der Waals surface area contributed by atoms with Gasteiger partial charge in [0.2, 0.25) is 0 Å². The number of aryl methyl sites for hydroxylation is 2. The zero-order chi connectivity index (χ0) is 17.1. The Morgan fingerprint density at radius 3 is 2.08 bits per heavy atom. The third-order valence-electron chi connectivity index (χ3n) is 5.32. The van der Waals surface area contributed by atoms with E-state index in [-0.39, 0.29) is 0 Å². The van der Waals surface area contributed by atoms with Gasteiger partial charge in [-0.3, -0.25) is 0 Å². The highest BCUT2D eigenvalue weighted by molar-refractivity contribution is 5.79. The Hall–Kier alpha value is -2.20. The molecule has 0 aliphatic heterocycles. The Labute approximate surface area is 144 Å². The Bertz CT molecular complexity index is 686. The van der Waals surface area contributed by atoms with E-state index in [0.29, 0.717) is 29.0 Å². The van der Waals surface area contributed by atoms with Gasteiger partial charge < -0.3 is 22.9 Å². The van der Waals surface area contributed by atoms with E-state index < -0.39 is 0 Å². The summed E-state index contributed by atoms with van der Waals surface area (Å²) >= 11 is 0. The summed E-state index contributed by atoms with van der Waals surface area (Å²) in [6, 6.07) is 13.2. The highest BCUT2D eigenvalue weighted by atomic mass is 14.7. The van der Waals surface area contributed by atoms with Crippen LogP contribution >= 0.6 is 0 Å². The van der Waals surface area contributed by atoms with Crippen molar-refractivity contribution in [3.8, 4) is 0 Å². The van der Waals surface area contributed by atoms with Gasteiger partial charge >= 0.3 is 0 Å². The molecule has 0 amide bonds. The Kier molecular flexibility index (Phi) is 4.95. The molecule has 1 aliphatic carbocycles. The maximum atomic E-state index is 6.07. The predicted molar refractivity (Wildman–Crippen MR) is 103 cm³/mol. The van der Waals surface area contributed by atoms with Crippen molar-refractivity contribution in [1.82, 2.24) is 0 Å². The van der Waals surface area contributed by atoms with Crippen LogP contribution in [0.5, 0.6) is 0 Å². The average molecular weight is 324 g/mol. The molecular weight excluding hydrogens is 296 g/mol. The van der Waals surface area contributed by atoms with Crippen molar-refractivity contribution in [3.63, 3.8) is 0 Å². The molecule has 1 saturated carbocycles. The summed E-state index contributed by atoms with van der Waals surface area (Å²) in [5, 5.41) is 0. The molecule has 0 spiro atoms.